The molecular formula is C13H17BrN2O3S. The third-order valence-corrected chi connectivity index (χ3v) is 5.36. The lowest BCUT2D eigenvalue weighted by Gasteiger charge is -2.34. The van der Waals surface area contributed by atoms with Crippen LogP contribution in [0.5, 0.6) is 0 Å². The number of benzene rings is 1. The van der Waals surface area contributed by atoms with E-state index in [4.69, 9.17) is 0 Å². The molecule has 1 aliphatic heterocycles. The molecule has 1 saturated heterocycles. The number of halogens is 1. The number of sulfonamides is 1. The van der Waals surface area contributed by atoms with Crippen LogP contribution in [0.15, 0.2) is 22.7 Å². The van der Waals surface area contributed by atoms with E-state index in [1.165, 1.54) is 17.5 Å². The second-order valence-corrected chi connectivity index (χ2v) is 7.71. The number of hydrogen-bond acceptors (Lipinski definition) is 4. The first kappa shape index (κ1) is 15.5. The van der Waals surface area contributed by atoms with Crippen molar-refractivity contribution in [2.24, 2.45) is 0 Å². The number of piperazine rings is 1. The normalized spacial score (nSPS) is 17.2. The summed E-state index contributed by atoms with van der Waals surface area (Å²) in [5.74, 6) is 0.0188. The van der Waals surface area contributed by atoms with Gasteiger partial charge in [-0.15, -0.1) is 0 Å². The SMILES string of the molecule is CC(=O)c1ccc(N2CCN(S(C)(=O)=O)CC2)cc1Br. The molecule has 7 heteroatoms. The largest absolute Gasteiger partial charge is 0.369 e. The molecule has 110 valence electrons. The van der Waals surface area contributed by atoms with E-state index in [0.29, 0.717) is 31.7 Å². The molecule has 1 aliphatic rings. The molecule has 0 N–H and O–H groups in total. The van der Waals surface area contributed by atoms with Gasteiger partial charge in [-0.25, -0.2) is 8.42 Å². The van der Waals surface area contributed by atoms with Crippen LogP contribution in [0.1, 0.15) is 17.3 Å². The molecule has 20 heavy (non-hydrogen) atoms. The first-order chi connectivity index (χ1) is 9.29. The number of carbonyl (C=O) groups is 1. The molecule has 2 rings (SSSR count). The molecule has 1 heterocycles. The van der Waals surface area contributed by atoms with Crippen LogP contribution in [0.2, 0.25) is 0 Å². The van der Waals surface area contributed by atoms with Crippen molar-refractivity contribution < 1.29 is 13.2 Å². The number of hydrogen-bond donors (Lipinski definition) is 0. The van der Waals surface area contributed by atoms with Crippen molar-refractivity contribution in [3.63, 3.8) is 0 Å². The predicted molar refractivity (Wildman–Crippen MR) is 82.8 cm³/mol. The molecule has 0 aromatic heterocycles. The highest BCUT2D eigenvalue weighted by molar-refractivity contribution is 9.10. The van der Waals surface area contributed by atoms with E-state index in [0.717, 1.165) is 10.2 Å². The van der Waals surface area contributed by atoms with Gasteiger partial charge in [-0.1, -0.05) is 0 Å². The number of carbonyl (C=O) groups excluding carboxylic acids is 1. The van der Waals surface area contributed by atoms with Crippen molar-refractivity contribution >= 4 is 37.4 Å². The minimum atomic E-state index is -3.10. The van der Waals surface area contributed by atoms with Crippen LogP contribution in [0, 0.1) is 0 Å². The summed E-state index contributed by atoms with van der Waals surface area (Å²) >= 11 is 3.40. The molecular weight excluding hydrogens is 344 g/mol. The van der Waals surface area contributed by atoms with Crippen LogP contribution in [0.4, 0.5) is 5.69 Å². The molecule has 0 bridgehead atoms. The van der Waals surface area contributed by atoms with Crippen LogP contribution in [-0.4, -0.2) is 50.9 Å². The Hall–Kier alpha value is -0.920. The van der Waals surface area contributed by atoms with E-state index in [2.05, 4.69) is 20.8 Å². The van der Waals surface area contributed by atoms with Gasteiger partial charge in [0.1, 0.15) is 0 Å². The molecule has 0 unspecified atom stereocenters. The first-order valence-corrected chi connectivity index (χ1v) is 8.94. The minimum Gasteiger partial charge on any atom is -0.369 e. The molecule has 5 nitrogen and oxygen atoms in total. The van der Waals surface area contributed by atoms with Gasteiger partial charge in [0.2, 0.25) is 10.0 Å². The minimum absolute atomic E-state index is 0.0188. The summed E-state index contributed by atoms with van der Waals surface area (Å²) in [7, 11) is -3.10. The maximum absolute atomic E-state index is 11.5. The van der Waals surface area contributed by atoms with Crippen LogP contribution >= 0.6 is 15.9 Å². The van der Waals surface area contributed by atoms with Gasteiger partial charge in [-0.05, 0) is 41.1 Å². The average molecular weight is 361 g/mol. The monoisotopic (exact) mass is 360 g/mol. The standard InChI is InChI=1S/C13H17BrN2O3S/c1-10(17)12-4-3-11(9-13(12)14)15-5-7-16(8-6-15)20(2,18)19/h3-4,9H,5-8H2,1-2H3. The van der Waals surface area contributed by atoms with Crippen LogP contribution in [-0.2, 0) is 10.0 Å². The third kappa shape index (κ3) is 3.39. The Bertz CT molecular complexity index is 623. The van der Waals surface area contributed by atoms with E-state index >= 15 is 0 Å². The molecule has 0 radical (unpaired) electrons. The summed E-state index contributed by atoms with van der Waals surface area (Å²) in [6.45, 7) is 3.82. The fraction of sp³-hybridized carbons (Fsp3) is 0.462. The average Bonchev–Trinajstić information content (AvgIpc) is 2.37. The Morgan fingerprint density at radius 1 is 1.20 bits per heavy atom. The van der Waals surface area contributed by atoms with Crippen LogP contribution < -0.4 is 4.90 Å². The van der Waals surface area contributed by atoms with E-state index < -0.39 is 10.0 Å². The summed E-state index contributed by atoms with van der Waals surface area (Å²) in [6.07, 6.45) is 1.24. The lowest BCUT2D eigenvalue weighted by atomic mass is 10.1. The Kier molecular flexibility index (Phi) is 4.51. The Morgan fingerprint density at radius 3 is 2.25 bits per heavy atom. The summed E-state index contributed by atoms with van der Waals surface area (Å²) in [5, 5.41) is 0. The Balaban J connectivity index is 2.11. The summed E-state index contributed by atoms with van der Waals surface area (Å²) in [6, 6.07) is 5.61. The number of anilines is 1. The fourth-order valence-corrected chi connectivity index (χ4v) is 3.74. The summed E-state index contributed by atoms with van der Waals surface area (Å²) in [4.78, 5) is 13.5. The van der Waals surface area contributed by atoms with Gasteiger partial charge in [-0.2, -0.15) is 4.31 Å². The predicted octanol–water partition coefficient (Wildman–Crippen LogP) is 1.73. The van der Waals surface area contributed by atoms with Crippen molar-refractivity contribution in [2.45, 2.75) is 6.92 Å². The van der Waals surface area contributed by atoms with Crippen molar-refractivity contribution in [3.8, 4) is 0 Å². The van der Waals surface area contributed by atoms with Crippen molar-refractivity contribution in [1.29, 1.82) is 0 Å². The fourth-order valence-electron chi connectivity index (χ4n) is 2.26. The van der Waals surface area contributed by atoms with Crippen molar-refractivity contribution in [3.05, 3.63) is 28.2 Å². The van der Waals surface area contributed by atoms with Gasteiger partial charge >= 0.3 is 0 Å². The van der Waals surface area contributed by atoms with Gasteiger partial charge < -0.3 is 4.90 Å². The molecule has 0 spiro atoms. The van der Waals surface area contributed by atoms with Gasteiger partial charge in [0.25, 0.3) is 0 Å². The highest BCUT2D eigenvalue weighted by atomic mass is 79.9. The number of rotatable bonds is 3. The van der Waals surface area contributed by atoms with Crippen LogP contribution in [0.3, 0.4) is 0 Å². The quantitative estimate of drug-likeness (QED) is 0.770. The lowest BCUT2D eigenvalue weighted by Crippen LogP contribution is -2.48. The second kappa shape index (κ2) is 5.83. The zero-order valence-electron chi connectivity index (χ0n) is 11.5. The first-order valence-electron chi connectivity index (χ1n) is 6.29. The molecule has 0 atom stereocenters. The number of Topliss-reactive ketones (excluding diaryl/α,β-unsaturated/α-hetero) is 1. The highest BCUT2D eigenvalue weighted by Gasteiger charge is 2.23. The molecule has 0 saturated carbocycles. The molecule has 1 fully saturated rings. The molecule has 1 aromatic rings. The zero-order valence-corrected chi connectivity index (χ0v) is 13.9. The molecule has 1 aromatic carbocycles. The lowest BCUT2D eigenvalue weighted by molar-refractivity contribution is 0.101. The maximum Gasteiger partial charge on any atom is 0.211 e. The van der Waals surface area contributed by atoms with Crippen LogP contribution in [0.25, 0.3) is 0 Å². The number of ketones is 1. The zero-order chi connectivity index (χ0) is 14.9. The topological polar surface area (TPSA) is 57.7 Å². The second-order valence-electron chi connectivity index (χ2n) is 4.87. The van der Waals surface area contributed by atoms with Gasteiger partial charge in [-0.3, -0.25) is 4.79 Å². The van der Waals surface area contributed by atoms with Gasteiger partial charge in [0.05, 0.1) is 6.26 Å². The smallest absolute Gasteiger partial charge is 0.211 e. The Morgan fingerprint density at radius 2 is 1.80 bits per heavy atom. The Labute approximate surface area is 127 Å². The molecule has 0 aliphatic carbocycles. The van der Waals surface area contributed by atoms with Crippen molar-refractivity contribution in [1.82, 2.24) is 4.31 Å². The summed E-state index contributed by atoms with van der Waals surface area (Å²) < 4.78 is 25.2. The van der Waals surface area contributed by atoms with E-state index in [1.807, 2.05) is 12.1 Å². The van der Waals surface area contributed by atoms with E-state index in [1.54, 1.807) is 6.07 Å². The summed E-state index contributed by atoms with van der Waals surface area (Å²) in [5.41, 5.74) is 1.65. The van der Waals surface area contributed by atoms with Crippen molar-refractivity contribution in [2.75, 3.05) is 37.3 Å². The highest BCUT2D eigenvalue weighted by Crippen LogP contribution is 2.25. The van der Waals surface area contributed by atoms with Gasteiger partial charge in [0.15, 0.2) is 5.78 Å². The third-order valence-electron chi connectivity index (χ3n) is 3.40. The number of nitrogens with zero attached hydrogens (tertiary/aromatic N) is 2. The molecule has 0 amide bonds. The van der Waals surface area contributed by atoms with E-state index in [9.17, 15) is 13.2 Å². The maximum atomic E-state index is 11.5. The van der Waals surface area contributed by atoms with E-state index in [-0.39, 0.29) is 5.78 Å². The van der Waals surface area contributed by atoms with Gasteiger partial charge in [0, 0.05) is 41.9 Å².